The average molecular weight is 247 g/mol. The molecule has 2 heterocycles. The molecule has 1 amide bonds. The summed E-state index contributed by atoms with van der Waals surface area (Å²) < 4.78 is 0. The van der Waals surface area contributed by atoms with E-state index in [1.165, 1.54) is 0 Å². The van der Waals surface area contributed by atoms with Gasteiger partial charge in [-0.15, -0.1) is 0 Å². The summed E-state index contributed by atoms with van der Waals surface area (Å²) in [6, 6.07) is 3.89. The van der Waals surface area contributed by atoms with Gasteiger partial charge in [0.2, 0.25) is 5.91 Å². The maximum absolute atomic E-state index is 12.2. The van der Waals surface area contributed by atoms with Gasteiger partial charge in [0, 0.05) is 32.3 Å². The van der Waals surface area contributed by atoms with Crippen LogP contribution in [0, 0.1) is 0 Å². The topological polar surface area (TPSA) is 36.4 Å². The average Bonchev–Trinajstić information content (AvgIpc) is 2.43. The Bertz CT molecular complexity index is 419. The van der Waals surface area contributed by atoms with Gasteiger partial charge < -0.3 is 9.80 Å². The molecule has 0 unspecified atom stereocenters. The van der Waals surface area contributed by atoms with Crippen molar-refractivity contribution >= 4 is 17.4 Å². The van der Waals surface area contributed by atoms with Crippen LogP contribution in [0.2, 0.25) is 0 Å². The highest BCUT2D eigenvalue weighted by Gasteiger charge is 2.26. The summed E-state index contributed by atoms with van der Waals surface area (Å²) in [5.41, 5.74) is 0.965. The molecule has 98 valence electrons. The van der Waals surface area contributed by atoms with E-state index in [9.17, 15) is 4.79 Å². The Labute approximate surface area is 109 Å². The number of nitrogens with zero attached hydrogens (tertiary/aromatic N) is 3. The first-order valence-electron chi connectivity index (χ1n) is 6.78. The molecular weight excluding hydrogens is 226 g/mol. The molecule has 4 nitrogen and oxygen atoms in total. The fourth-order valence-corrected chi connectivity index (χ4v) is 2.32. The second-order valence-electron chi connectivity index (χ2n) is 4.57. The Balaban J connectivity index is 2.22. The van der Waals surface area contributed by atoms with Gasteiger partial charge in [0.05, 0.1) is 5.69 Å². The summed E-state index contributed by atoms with van der Waals surface area (Å²) in [4.78, 5) is 20.7. The number of pyridine rings is 1. The highest BCUT2D eigenvalue weighted by Crippen LogP contribution is 2.30. The van der Waals surface area contributed by atoms with Crippen LogP contribution in [-0.4, -0.2) is 30.5 Å². The van der Waals surface area contributed by atoms with E-state index in [-0.39, 0.29) is 5.91 Å². The van der Waals surface area contributed by atoms with Crippen molar-refractivity contribution in [3.63, 3.8) is 0 Å². The Hall–Kier alpha value is -1.58. The van der Waals surface area contributed by atoms with Crippen molar-refractivity contribution in [3.05, 3.63) is 18.3 Å². The lowest BCUT2D eigenvalue weighted by molar-refractivity contribution is -0.118. The number of hydrogen-bond acceptors (Lipinski definition) is 3. The minimum absolute atomic E-state index is 0.224. The minimum atomic E-state index is 0.224. The number of carbonyl (C=O) groups excluding carboxylic acids is 1. The predicted molar refractivity (Wildman–Crippen MR) is 74.0 cm³/mol. The zero-order valence-electron chi connectivity index (χ0n) is 11.2. The number of aromatic nitrogens is 1. The molecule has 0 spiro atoms. The number of rotatable bonds is 4. The van der Waals surface area contributed by atoms with E-state index in [1.807, 2.05) is 17.0 Å². The maximum Gasteiger partial charge on any atom is 0.227 e. The van der Waals surface area contributed by atoms with E-state index in [0.717, 1.165) is 44.0 Å². The standard InChI is InChI=1S/C14H21N3O/c1-3-5-8-13(18)17-11-10-16(4-2)14-12(17)7-6-9-15-14/h6-7,9H,3-5,8,10-11H2,1-2H3. The second-order valence-corrected chi connectivity index (χ2v) is 4.57. The number of unbranched alkanes of at least 4 members (excludes halogenated alkanes) is 1. The van der Waals surface area contributed by atoms with Gasteiger partial charge in [-0.3, -0.25) is 4.79 Å². The van der Waals surface area contributed by atoms with Crippen molar-refractivity contribution in [2.45, 2.75) is 33.1 Å². The van der Waals surface area contributed by atoms with Gasteiger partial charge in [-0.1, -0.05) is 13.3 Å². The van der Waals surface area contributed by atoms with Crippen molar-refractivity contribution in [1.29, 1.82) is 0 Å². The van der Waals surface area contributed by atoms with Crippen molar-refractivity contribution < 1.29 is 4.79 Å². The van der Waals surface area contributed by atoms with E-state index in [2.05, 4.69) is 23.7 Å². The predicted octanol–water partition coefficient (Wildman–Crippen LogP) is 2.44. The third-order valence-corrected chi connectivity index (χ3v) is 3.38. The Morgan fingerprint density at radius 1 is 1.39 bits per heavy atom. The third kappa shape index (κ3) is 2.47. The quantitative estimate of drug-likeness (QED) is 0.820. The Morgan fingerprint density at radius 2 is 2.22 bits per heavy atom. The van der Waals surface area contributed by atoms with Gasteiger partial charge in [-0.2, -0.15) is 0 Å². The lowest BCUT2D eigenvalue weighted by Crippen LogP contribution is -2.44. The molecule has 0 saturated heterocycles. The number of amides is 1. The zero-order valence-corrected chi connectivity index (χ0v) is 11.2. The summed E-state index contributed by atoms with van der Waals surface area (Å²) in [7, 11) is 0. The van der Waals surface area contributed by atoms with E-state index in [4.69, 9.17) is 0 Å². The maximum atomic E-state index is 12.2. The molecule has 1 aromatic heterocycles. The monoisotopic (exact) mass is 247 g/mol. The van der Waals surface area contributed by atoms with Crippen LogP contribution < -0.4 is 9.80 Å². The molecule has 18 heavy (non-hydrogen) atoms. The first-order valence-corrected chi connectivity index (χ1v) is 6.78. The molecule has 2 rings (SSSR count). The van der Waals surface area contributed by atoms with Gasteiger partial charge >= 0.3 is 0 Å². The van der Waals surface area contributed by atoms with Crippen LogP contribution in [0.15, 0.2) is 18.3 Å². The molecular formula is C14H21N3O. The first kappa shape index (κ1) is 12.9. The number of hydrogen-bond donors (Lipinski definition) is 0. The number of fused-ring (bicyclic) bond motifs is 1. The summed E-state index contributed by atoms with van der Waals surface area (Å²) in [5.74, 6) is 1.16. The molecule has 4 heteroatoms. The van der Waals surface area contributed by atoms with Gasteiger partial charge in [-0.25, -0.2) is 4.98 Å². The molecule has 0 saturated carbocycles. The van der Waals surface area contributed by atoms with E-state index in [1.54, 1.807) is 6.20 Å². The van der Waals surface area contributed by atoms with Crippen LogP contribution in [0.4, 0.5) is 11.5 Å². The number of anilines is 2. The highest BCUT2D eigenvalue weighted by atomic mass is 16.2. The third-order valence-electron chi connectivity index (χ3n) is 3.38. The van der Waals surface area contributed by atoms with Gasteiger partial charge in [0.1, 0.15) is 0 Å². The molecule has 0 bridgehead atoms. The van der Waals surface area contributed by atoms with Crippen LogP contribution in [-0.2, 0) is 4.79 Å². The van der Waals surface area contributed by atoms with Gasteiger partial charge in [0.15, 0.2) is 5.82 Å². The van der Waals surface area contributed by atoms with Crippen molar-refractivity contribution in [1.82, 2.24) is 4.98 Å². The Morgan fingerprint density at radius 3 is 2.94 bits per heavy atom. The largest absolute Gasteiger partial charge is 0.353 e. The van der Waals surface area contributed by atoms with Crippen molar-refractivity contribution in [2.75, 3.05) is 29.4 Å². The summed E-state index contributed by atoms with van der Waals surface area (Å²) in [5, 5.41) is 0. The Kier molecular flexibility index (Phi) is 4.18. The molecule has 0 radical (unpaired) electrons. The van der Waals surface area contributed by atoms with Crippen molar-refractivity contribution in [3.8, 4) is 0 Å². The minimum Gasteiger partial charge on any atom is -0.353 e. The lowest BCUT2D eigenvalue weighted by atomic mass is 10.2. The van der Waals surface area contributed by atoms with Crippen molar-refractivity contribution in [2.24, 2.45) is 0 Å². The molecule has 1 aliphatic heterocycles. The number of likely N-dealkylation sites (N-methyl/N-ethyl adjacent to an activating group) is 1. The molecule has 0 N–H and O–H groups in total. The molecule has 0 atom stereocenters. The van der Waals surface area contributed by atoms with Crippen LogP contribution in [0.1, 0.15) is 33.1 Å². The SMILES string of the molecule is CCCCC(=O)N1CCN(CC)c2ncccc21. The van der Waals surface area contributed by atoms with E-state index >= 15 is 0 Å². The van der Waals surface area contributed by atoms with Gasteiger partial charge in [-0.05, 0) is 25.5 Å². The van der Waals surface area contributed by atoms with Crippen LogP contribution in [0.5, 0.6) is 0 Å². The molecule has 0 fully saturated rings. The normalized spacial score (nSPS) is 14.6. The highest BCUT2D eigenvalue weighted by molar-refractivity contribution is 5.97. The van der Waals surface area contributed by atoms with Gasteiger partial charge in [0.25, 0.3) is 0 Å². The summed E-state index contributed by atoms with van der Waals surface area (Å²) in [6.45, 7) is 6.80. The zero-order chi connectivity index (χ0) is 13.0. The summed E-state index contributed by atoms with van der Waals surface area (Å²) >= 11 is 0. The summed E-state index contributed by atoms with van der Waals surface area (Å²) in [6.07, 6.45) is 4.45. The van der Waals surface area contributed by atoms with Crippen LogP contribution in [0.25, 0.3) is 0 Å². The molecule has 1 aromatic rings. The number of carbonyl (C=O) groups is 1. The molecule has 0 aromatic carbocycles. The fourth-order valence-electron chi connectivity index (χ4n) is 2.32. The van der Waals surface area contributed by atoms with E-state index in [0.29, 0.717) is 6.42 Å². The fraction of sp³-hybridized carbons (Fsp3) is 0.571. The smallest absolute Gasteiger partial charge is 0.227 e. The van der Waals surface area contributed by atoms with E-state index < -0.39 is 0 Å². The second kappa shape index (κ2) is 5.85. The first-order chi connectivity index (χ1) is 8.77. The van der Waals surface area contributed by atoms with Crippen LogP contribution in [0.3, 0.4) is 0 Å². The molecule has 0 aliphatic carbocycles. The van der Waals surface area contributed by atoms with Crippen LogP contribution >= 0.6 is 0 Å². The lowest BCUT2D eigenvalue weighted by Gasteiger charge is -2.36. The molecule has 1 aliphatic rings.